The number of hydrogen-bond donors (Lipinski definition) is 1. The van der Waals surface area contributed by atoms with Crippen molar-refractivity contribution in [3.05, 3.63) is 88.0 Å². The quantitative estimate of drug-likeness (QED) is 0.274. The molecule has 0 radical (unpaired) electrons. The van der Waals surface area contributed by atoms with Gasteiger partial charge in [-0.05, 0) is 96.5 Å². The monoisotopic (exact) mass is 689 g/mol. The Bertz CT molecular complexity index is 1430. The summed E-state index contributed by atoms with van der Waals surface area (Å²) in [5.74, 6) is -0.113. The van der Waals surface area contributed by atoms with E-state index in [0.717, 1.165) is 45.5 Å². The SMILES string of the molecule is COc1cccc(CN(C(=O)CN(c2ccc(I)cc2)S(=O)(=O)c2ccccc2)[C@H](C)C(=O)NC2CCCCC2)c1. The van der Waals surface area contributed by atoms with Gasteiger partial charge in [0.05, 0.1) is 17.7 Å². The number of methoxy groups -OCH3 is 1. The van der Waals surface area contributed by atoms with Gasteiger partial charge in [0.15, 0.2) is 0 Å². The molecule has 0 bridgehead atoms. The first-order valence-corrected chi connectivity index (χ1v) is 16.3. The highest BCUT2D eigenvalue weighted by molar-refractivity contribution is 14.1. The minimum Gasteiger partial charge on any atom is -0.497 e. The van der Waals surface area contributed by atoms with E-state index in [1.54, 1.807) is 62.6 Å². The maximum atomic E-state index is 14.1. The van der Waals surface area contributed by atoms with E-state index in [4.69, 9.17) is 4.74 Å². The van der Waals surface area contributed by atoms with E-state index in [1.807, 2.05) is 18.2 Å². The molecular weight excluding hydrogens is 653 g/mol. The second kappa shape index (κ2) is 14.2. The third-order valence-electron chi connectivity index (χ3n) is 7.33. The molecule has 3 aromatic rings. The third kappa shape index (κ3) is 8.00. The molecule has 0 spiro atoms. The van der Waals surface area contributed by atoms with Crippen molar-refractivity contribution in [2.45, 2.75) is 62.6 Å². The van der Waals surface area contributed by atoms with Crippen molar-refractivity contribution in [3.8, 4) is 5.75 Å². The second-order valence-corrected chi connectivity index (χ2v) is 13.3. The summed E-state index contributed by atoms with van der Waals surface area (Å²) >= 11 is 2.15. The first kappa shape index (κ1) is 30.8. The zero-order chi connectivity index (χ0) is 29.4. The molecule has 4 rings (SSSR count). The number of carbonyl (C=O) groups is 2. The standard InChI is InChI=1S/C31H36IN3O5S/c1-23(31(37)33-26-11-5-3-6-12-26)34(21-24-10-9-13-28(20-24)40-2)30(36)22-35(27-18-16-25(32)17-19-27)41(38,39)29-14-7-4-8-15-29/h4,7-10,13-20,23,26H,3,5-6,11-12,21-22H2,1-2H3,(H,33,37)/t23-/m1/s1. The number of carbonyl (C=O) groups excluding carboxylic acids is 2. The van der Waals surface area contributed by atoms with Crippen molar-refractivity contribution in [1.29, 1.82) is 0 Å². The fourth-order valence-electron chi connectivity index (χ4n) is 4.97. The van der Waals surface area contributed by atoms with E-state index < -0.39 is 28.5 Å². The summed E-state index contributed by atoms with van der Waals surface area (Å²) in [5, 5.41) is 3.12. The van der Waals surface area contributed by atoms with Crippen molar-refractivity contribution >= 4 is 50.1 Å². The fourth-order valence-corrected chi connectivity index (χ4v) is 6.77. The van der Waals surface area contributed by atoms with Crippen LogP contribution in [0, 0.1) is 3.57 Å². The maximum absolute atomic E-state index is 14.1. The van der Waals surface area contributed by atoms with Gasteiger partial charge < -0.3 is 15.0 Å². The van der Waals surface area contributed by atoms with Crippen LogP contribution in [-0.2, 0) is 26.2 Å². The highest BCUT2D eigenvalue weighted by Crippen LogP contribution is 2.26. The molecule has 41 heavy (non-hydrogen) atoms. The Morgan fingerprint density at radius 2 is 1.66 bits per heavy atom. The van der Waals surface area contributed by atoms with Crippen LogP contribution >= 0.6 is 22.6 Å². The van der Waals surface area contributed by atoms with E-state index >= 15 is 0 Å². The smallest absolute Gasteiger partial charge is 0.264 e. The molecule has 0 heterocycles. The van der Waals surface area contributed by atoms with Crippen molar-refractivity contribution < 1.29 is 22.7 Å². The van der Waals surface area contributed by atoms with Gasteiger partial charge in [0, 0.05) is 16.2 Å². The zero-order valence-electron chi connectivity index (χ0n) is 23.3. The number of rotatable bonds is 11. The second-order valence-electron chi connectivity index (χ2n) is 10.2. The van der Waals surface area contributed by atoms with E-state index in [9.17, 15) is 18.0 Å². The lowest BCUT2D eigenvalue weighted by Crippen LogP contribution is -2.53. The molecule has 0 aromatic heterocycles. The Morgan fingerprint density at radius 1 is 0.976 bits per heavy atom. The summed E-state index contributed by atoms with van der Waals surface area (Å²) in [6, 6.07) is 21.5. The molecule has 10 heteroatoms. The molecule has 0 aliphatic heterocycles. The Balaban J connectivity index is 1.67. The van der Waals surface area contributed by atoms with Gasteiger partial charge in [0.1, 0.15) is 18.3 Å². The van der Waals surface area contributed by atoms with Crippen LogP contribution in [-0.4, -0.2) is 50.9 Å². The van der Waals surface area contributed by atoms with Gasteiger partial charge in [-0.15, -0.1) is 0 Å². The molecule has 1 atom stereocenters. The molecule has 0 saturated heterocycles. The van der Waals surface area contributed by atoms with Crippen molar-refractivity contribution in [3.63, 3.8) is 0 Å². The van der Waals surface area contributed by atoms with Gasteiger partial charge in [0.2, 0.25) is 11.8 Å². The first-order valence-electron chi connectivity index (χ1n) is 13.7. The summed E-state index contributed by atoms with van der Waals surface area (Å²) in [7, 11) is -2.52. The van der Waals surface area contributed by atoms with Crippen LogP contribution in [0.4, 0.5) is 5.69 Å². The minimum absolute atomic E-state index is 0.0776. The van der Waals surface area contributed by atoms with Crippen LogP contribution < -0.4 is 14.4 Å². The molecule has 2 amide bonds. The summed E-state index contributed by atoms with van der Waals surface area (Å²) in [5.41, 5.74) is 1.13. The predicted octanol–water partition coefficient (Wildman–Crippen LogP) is 5.36. The highest BCUT2D eigenvalue weighted by Gasteiger charge is 2.33. The molecule has 1 N–H and O–H groups in total. The van der Waals surface area contributed by atoms with Gasteiger partial charge in [-0.25, -0.2) is 8.42 Å². The fraction of sp³-hybridized carbons (Fsp3) is 0.355. The number of ether oxygens (including phenoxy) is 1. The molecule has 8 nitrogen and oxygen atoms in total. The van der Waals surface area contributed by atoms with Crippen molar-refractivity contribution in [2.75, 3.05) is 18.0 Å². The number of benzene rings is 3. The maximum Gasteiger partial charge on any atom is 0.264 e. The molecular formula is C31H36IN3O5S. The van der Waals surface area contributed by atoms with E-state index in [2.05, 4.69) is 27.9 Å². The van der Waals surface area contributed by atoms with Gasteiger partial charge >= 0.3 is 0 Å². The average molecular weight is 690 g/mol. The first-order chi connectivity index (χ1) is 19.7. The Morgan fingerprint density at radius 3 is 2.32 bits per heavy atom. The van der Waals surface area contributed by atoms with Crippen LogP contribution in [0.15, 0.2) is 83.8 Å². The van der Waals surface area contributed by atoms with Gasteiger partial charge in [-0.3, -0.25) is 13.9 Å². The van der Waals surface area contributed by atoms with Gasteiger partial charge in [-0.1, -0.05) is 49.6 Å². The number of hydrogen-bond acceptors (Lipinski definition) is 5. The van der Waals surface area contributed by atoms with E-state index in [1.165, 1.54) is 17.0 Å². The minimum atomic E-state index is -4.08. The van der Waals surface area contributed by atoms with Crippen molar-refractivity contribution in [2.24, 2.45) is 0 Å². The molecule has 1 fully saturated rings. The topological polar surface area (TPSA) is 96.0 Å². The average Bonchev–Trinajstić information content (AvgIpc) is 2.99. The third-order valence-corrected chi connectivity index (χ3v) is 9.84. The predicted molar refractivity (Wildman–Crippen MR) is 168 cm³/mol. The van der Waals surface area contributed by atoms with Crippen LogP contribution in [0.5, 0.6) is 5.75 Å². The van der Waals surface area contributed by atoms with Crippen LogP contribution in [0.25, 0.3) is 0 Å². The van der Waals surface area contributed by atoms with Crippen molar-refractivity contribution in [1.82, 2.24) is 10.2 Å². The molecule has 3 aromatic carbocycles. The zero-order valence-corrected chi connectivity index (χ0v) is 26.3. The summed E-state index contributed by atoms with van der Waals surface area (Å²) < 4.78 is 35.1. The Kier molecular flexibility index (Phi) is 10.7. The summed E-state index contributed by atoms with van der Waals surface area (Å²) in [6.45, 7) is 1.33. The number of amides is 2. The van der Waals surface area contributed by atoms with Gasteiger partial charge in [0.25, 0.3) is 10.0 Å². The van der Waals surface area contributed by atoms with Crippen LogP contribution in [0.2, 0.25) is 0 Å². The van der Waals surface area contributed by atoms with Gasteiger partial charge in [-0.2, -0.15) is 0 Å². The molecule has 1 aliphatic carbocycles. The lowest BCUT2D eigenvalue weighted by molar-refractivity contribution is -0.139. The summed E-state index contributed by atoms with van der Waals surface area (Å²) in [4.78, 5) is 29.0. The lowest BCUT2D eigenvalue weighted by atomic mass is 9.95. The normalized spacial score (nSPS) is 14.6. The molecule has 218 valence electrons. The van der Waals surface area contributed by atoms with Crippen LogP contribution in [0.1, 0.15) is 44.6 Å². The number of nitrogens with one attached hydrogen (secondary N) is 1. The Hall–Kier alpha value is -3.12. The number of nitrogens with zero attached hydrogens (tertiary/aromatic N) is 2. The van der Waals surface area contributed by atoms with E-state index in [-0.39, 0.29) is 23.4 Å². The Labute approximate surface area is 256 Å². The highest BCUT2D eigenvalue weighted by atomic mass is 127. The van der Waals surface area contributed by atoms with Crippen LogP contribution in [0.3, 0.4) is 0 Å². The molecule has 1 saturated carbocycles. The number of anilines is 1. The summed E-state index contributed by atoms with van der Waals surface area (Å²) in [6.07, 6.45) is 5.12. The van der Waals surface area contributed by atoms with E-state index in [0.29, 0.717) is 11.4 Å². The number of halogens is 1. The number of sulfonamides is 1. The largest absolute Gasteiger partial charge is 0.497 e. The molecule has 0 unspecified atom stereocenters. The molecule has 1 aliphatic rings. The lowest BCUT2D eigenvalue weighted by Gasteiger charge is -2.33.